The van der Waals surface area contributed by atoms with Gasteiger partial charge in [0.25, 0.3) is 0 Å². The Kier molecular flexibility index (Phi) is 2.54. The van der Waals surface area contributed by atoms with Crippen molar-refractivity contribution in [3.63, 3.8) is 0 Å². The molecule has 0 unspecified atom stereocenters. The zero-order chi connectivity index (χ0) is 10.1. The maximum atomic E-state index is 10.9. The predicted octanol–water partition coefficient (Wildman–Crippen LogP) is 1.54. The molecule has 76 valence electrons. The highest BCUT2D eigenvalue weighted by molar-refractivity contribution is 9.10. The third-order valence-corrected chi connectivity index (χ3v) is 3.09. The summed E-state index contributed by atoms with van der Waals surface area (Å²) in [4.78, 5) is 10.9. The van der Waals surface area contributed by atoms with Crippen LogP contribution in [0.4, 0.5) is 0 Å². The molecule has 0 aliphatic heterocycles. The molecule has 0 amide bonds. The largest absolute Gasteiger partial charge is 0.476 e. The average molecular weight is 260 g/mol. The number of nitrogens with zero attached hydrogens (tertiary/aromatic N) is 3. The molecule has 14 heavy (non-hydrogen) atoms. The van der Waals surface area contributed by atoms with Crippen LogP contribution in [0.25, 0.3) is 0 Å². The fourth-order valence-corrected chi connectivity index (χ4v) is 1.98. The molecule has 1 aliphatic rings. The molecule has 1 aliphatic carbocycles. The van der Waals surface area contributed by atoms with Crippen molar-refractivity contribution in [2.24, 2.45) is 5.92 Å². The first-order valence-electron chi connectivity index (χ1n) is 4.50. The third-order valence-electron chi connectivity index (χ3n) is 2.55. The molecule has 5 nitrogen and oxygen atoms in total. The van der Waals surface area contributed by atoms with E-state index in [1.54, 1.807) is 0 Å². The number of halogens is 1. The lowest BCUT2D eigenvalue weighted by atomic mass is 9.85. The second-order valence-electron chi connectivity index (χ2n) is 3.51. The molecule has 1 heterocycles. The summed E-state index contributed by atoms with van der Waals surface area (Å²) in [5, 5.41) is 16.4. The predicted molar refractivity (Wildman–Crippen MR) is 52.0 cm³/mol. The Labute approximate surface area is 89.2 Å². The Bertz CT molecular complexity index is 359. The monoisotopic (exact) mass is 259 g/mol. The number of hydrogen-bond donors (Lipinski definition) is 1. The van der Waals surface area contributed by atoms with Crippen molar-refractivity contribution in [3.05, 3.63) is 10.3 Å². The van der Waals surface area contributed by atoms with Crippen molar-refractivity contribution < 1.29 is 9.90 Å². The van der Waals surface area contributed by atoms with Crippen molar-refractivity contribution in [1.29, 1.82) is 0 Å². The smallest absolute Gasteiger partial charge is 0.357 e. The molecular weight excluding hydrogens is 250 g/mol. The molecule has 1 aromatic rings. The summed E-state index contributed by atoms with van der Waals surface area (Å²) in [6.45, 7) is 0.667. The first kappa shape index (κ1) is 9.64. The van der Waals surface area contributed by atoms with E-state index in [4.69, 9.17) is 5.11 Å². The van der Waals surface area contributed by atoms with E-state index in [1.807, 2.05) is 0 Å². The highest BCUT2D eigenvalue weighted by Gasteiger charge is 2.23. The molecule has 6 heteroatoms. The first-order valence-corrected chi connectivity index (χ1v) is 5.30. The van der Waals surface area contributed by atoms with E-state index < -0.39 is 5.97 Å². The van der Waals surface area contributed by atoms with E-state index in [-0.39, 0.29) is 5.69 Å². The van der Waals surface area contributed by atoms with E-state index in [2.05, 4.69) is 26.2 Å². The number of carbonyl (C=O) groups is 1. The van der Waals surface area contributed by atoms with Crippen molar-refractivity contribution in [2.75, 3.05) is 0 Å². The second kappa shape index (κ2) is 3.68. The van der Waals surface area contributed by atoms with Crippen LogP contribution in [0.15, 0.2) is 4.60 Å². The number of carboxylic acid groups (broad SMARTS) is 1. The summed E-state index contributed by atoms with van der Waals surface area (Å²) < 4.78 is 1.78. The summed E-state index contributed by atoms with van der Waals surface area (Å²) in [5.74, 6) is -0.414. The molecule has 0 aromatic carbocycles. The van der Waals surface area contributed by atoms with Crippen LogP contribution in [0.3, 0.4) is 0 Å². The maximum Gasteiger partial charge on any atom is 0.357 e. The summed E-state index contributed by atoms with van der Waals surface area (Å²) in [6.07, 6.45) is 3.57. The standard InChI is InChI=1S/C8H10BrN3O2/c9-7-6(8(13)14)12(11-10-7)4-5-2-1-3-5/h5H,1-4H2,(H,13,14). The normalized spacial score (nSPS) is 16.6. The van der Waals surface area contributed by atoms with Gasteiger partial charge >= 0.3 is 5.97 Å². The lowest BCUT2D eigenvalue weighted by Gasteiger charge is -2.24. The van der Waals surface area contributed by atoms with Crippen LogP contribution >= 0.6 is 15.9 Å². The van der Waals surface area contributed by atoms with Crippen molar-refractivity contribution in [2.45, 2.75) is 25.8 Å². The van der Waals surface area contributed by atoms with Gasteiger partial charge in [-0.1, -0.05) is 11.6 Å². The highest BCUT2D eigenvalue weighted by atomic mass is 79.9. The zero-order valence-electron chi connectivity index (χ0n) is 7.48. The highest BCUT2D eigenvalue weighted by Crippen LogP contribution is 2.28. The first-order chi connectivity index (χ1) is 6.68. The quantitative estimate of drug-likeness (QED) is 0.894. The number of aromatic nitrogens is 3. The van der Waals surface area contributed by atoms with Crippen molar-refractivity contribution in [1.82, 2.24) is 15.0 Å². The third kappa shape index (κ3) is 1.66. The molecule has 1 N–H and O–H groups in total. The molecular formula is C8H10BrN3O2. The lowest BCUT2D eigenvalue weighted by molar-refractivity contribution is 0.0679. The molecule has 0 spiro atoms. The number of rotatable bonds is 3. The number of aromatic carboxylic acids is 1. The molecule has 0 bridgehead atoms. The Hall–Kier alpha value is -0.910. The van der Waals surface area contributed by atoms with Crippen LogP contribution in [0.5, 0.6) is 0 Å². The van der Waals surface area contributed by atoms with Gasteiger partial charge in [-0.2, -0.15) is 0 Å². The summed E-state index contributed by atoms with van der Waals surface area (Å²) in [5.41, 5.74) is 0.150. The topological polar surface area (TPSA) is 68.0 Å². The van der Waals surface area contributed by atoms with Gasteiger partial charge in [0.2, 0.25) is 0 Å². The van der Waals surface area contributed by atoms with Gasteiger partial charge in [-0.25, -0.2) is 9.48 Å². The van der Waals surface area contributed by atoms with Gasteiger partial charge in [0.15, 0.2) is 10.3 Å². The Morgan fingerprint density at radius 1 is 1.64 bits per heavy atom. The molecule has 1 aromatic heterocycles. The van der Waals surface area contributed by atoms with E-state index >= 15 is 0 Å². The molecule has 0 saturated heterocycles. The molecule has 0 radical (unpaired) electrons. The average Bonchev–Trinajstić information content (AvgIpc) is 2.39. The van der Waals surface area contributed by atoms with Gasteiger partial charge in [-0.15, -0.1) is 5.10 Å². The lowest BCUT2D eigenvalue weighted by Crippen LogP contribution is -2.21. The molecule has 1 saturated carbocycles. The van der Waals surface area contributed by atoms with E-state index in [0.717, 1.165) is 12.8 Å². The number of hydrogen-bond acceptors (Lipinski definition) is 3. The fourth-order valence-electron chi connectivity index (χ4n) is 1.54. The molecule has 2 rings (SSSR count). The van der Waals surface area contributed by atoms with Gasteiger partial charge in [0.1, 0.15) is 0 Å². The summed E-state index contributed by atoms with van der Waals surface area (Å²) in [7, 11) is 0. The van der Waals surface area contributed by atoms with Gasteiger partial charge in [0, 0.05) is 6.54 Å². The Morgan fingerprint density at radius 2 is 2.36 bits per heavy atom. The van der Waals surface area contributed by atoms with E-state index in [1.165, 1.54) is 11.1 Å². The minimum Gasteiger partial charge on any atom is -0.476 e. The molecule has 1 fully saturated rings. The van der Waals surface area contributed by atoms with Crippen LogP contribution in [-0.4, -0.2) is 26.1 Å². The van der Waals surface area contributed by atoms with Crippen LogP contribution in [0.2, 0.25) is 0 Å². The van der Waals surface area contributed by atoms with Gasteiger partial charge in [-0.3, -0.25) is 0 Å². The van der Waals surface area contributed by atoms with Gasteiger partial charge in [0.05, 0.1) is 0 Å². The number of carboxylic acids is 1. The maximum absolute atomic E-state index is 10.9. The van der Waals surface area contributed by atoms with Crippen molar-refractivity contribution >= 4 is 21.9 Å². The van der Waals surface area contributed by atoms with Crippen LogP contribution in [0.1, 0.15) is 29.8 Å². The Balaban J connectivity index is 2.19. The SMILES string of the molecule is O=C(O)c1c(Br)nnn1CC1CCC1. The molecule has 0 atom stereocenters. The fraction of sp³-hybridized carbons (Fsp3) is 0.625. The second-order valence-corrected chi connectivity index (χ2v) is 4.26. The van der Waals surface area contributed by atoms with Crippen LogP contribution in [0, 0.1) is 5.92 Å². The van der Waals surface area contributed by atoms with E-state index in [9.17, 15) is 4.79 Å². The van der Waals surface area contributed by atoms with Crippen molar-refractivity contribution in [3.8, 4) is 0 Å². The summed E-state index contributed by atoms with van der Waals surface area (Å²) >= 11 is 3.07. The zero-order valence-corrected chi connectivity index (χ0v) is 9.07. The Morgan fingerprint density at radius 3 is 2.86 bits per heavy atom. The minimum atomic E-state index is -0.985. The van der Waals surface area contributed by atoms with Crippen LogP contribution in [-0.2, 0) is 6.54 Å². The minimum absolute atomic E-state index is 0.150. The van der Waals surface area contributed by atoms with Gasteiger partial charge < -0.3 is 5.11 Å². The van der Waals surface area contributed by atoms with Gasteiger partial charge in [-0.05, 0) is 34.7 Å². The van der Waals surface area contributed by atoms with Crippen LogP contribution < -0.4 is 0 Å². The van der Waals surface area contributed by atoms with E-state index in [0.29, 0.717) is 17.1 Å². The summed E-state index contributed by atoms with van der Waals surface area (Å²) in [6, 6.07) is 0.